The van der Waals surface area contributed by atoms with Crippen LogP contribution in [-0.4, -0.2) is 20.1 Å². The van der Waals surface area contributed by atoms with Gasteiger partial charge in [-0.15, -0.1) is 22.9 Å². The van der Waals surface area contributed by atoms with Crippen LogP contribution in [0.25, 0.3) is 0 Å². The summed E-state index contributed by atoms with van der Waals surface area (Å²) in [6.07, 6.45) is 0. The van der Waals surface area contributed by atoms with Crippen LogP contribution in [0.1, 0.15) is 12.5 Å². The molecule has 1 heterocycles. The number of hydrogen-bond donors (Lipinski definition) is 1. The fourth-order valence-corrected chi connectivity index (χ4v) is 3.81. The fraction of sp³-hybridized carbons (Fsp3) is 0.444. The van der Waals surface area contributed by atoms with E-state index in [0.29, 0.717) is 10.6 Å². The van der Waals surface area contributed by atoms with Crippen molar-refractivity contribution < 1.29 is 8.42 Å². The predicted octanol–water partition coefficient (Wildman–Crippen LogP) is 2.24. The van der Waals surface area contributed by atoms with E-state index in [4.69, 9.17) is 16.9 Å². The molecule has 1 N–H and O–H groups in total. The molecular weight excluding hydrogens is 268 g/mol. The largest absolute Gasteiger partial charge is 0.273 e. The monoisotopic (exact) mass is 278 g/mol. The molecule has 0 saturated heterocycles. The third kappa shape index (κ3) is 3.67. The van der Waals surface area contributed by atoms with Crippen LogP contribution in [0.15, 0.2) is 11.4 Å². The average Bonchev–Trinajstić information content (AvgIpc) is 2.63. The first-order valence-corrected chi connectivity index (χ1v) is 7.59. The minimum absolute atomic E-state index is 0.0424. The summed E-state index contributed by atoms with van der Waals surface area (Å²) in [7, 11) is -3.42. The van der Waals surface area contributed by atoms with E-state index in [9.17, 15) is 8.42 Å². The maximum Gasteiger partial charge on any atom is 0.233 e. The third-order valence-corrected chi connectivity index (χ3v) is 4.81. The van der Waals surface area contributed by atoms with E-state index < -0.39 is 10.0 Å². The van der Waals surface area contributed by atoms with Crippen molar-refractivity contribution in [2.24, 2.45) is 5.92 Å². The summed E-state index contributed by atoms with van der Waals surface area (Å²) in [5.41, 5.74) is 0.340. The Bertz CT molecular complexity index is 490. The Kier molecular flexibility index (Phi) is 4.59. The van der Waals surface area contributed by atoms with Gasteiger partial charge in [-0.25, -0.2) is 8.42 Å². The summed E-state index contributed by atoms with van der Waals surface area (Å²) in [5.74, 6) is 0.125. The topological polar surface area (TPSA) is 70.0 Å². The summed E-state index contributed by atoms with van der Waals surface area (Å²) in [6, 6.07) is 3.50. The molecule has 0 amide bonds. The van der Waals surface area contributed by atoms with E-state index >= 15 is 0 Å². The molecule has 1 aromatic heterocycles. The SMILES string of the molecule is CC(CCl)CS(=O)(=O)Nc1sccc1C#N. The number of anilines is 1. The van der Waals surface area contributed by atoms with Gasteiger partial charge >= 0.3 is 0 Å². The Morgan fingerprint density at radius 2 is 2.38 bits per heavy atom. The standard InChI is InChI=1S/C9H11ClN2O2S2/c1-7(4-10)6-16(13,14)12-9-8(5-11)2-3-15-9/h2-3,7,12H,4,6H2,1H3. The van der Waals surface area contributed by atoms with Gasteiger partial charge in [0.15, 0.2) is 0 Å². The molecule has 0 radical (unpaired) electrons. The van der Waals surface area contributed by atoms with Crippen molar-refractivity contribution in [3.8, 4) is 6.07 Å². The van der Waals surface area contributed by atoms with E-state index in [-0.39, 0.29) is 17.6 Å². The molecule has 0 aromatic carbocycles. The molecule has 0 aliphatic heterocycles. The van der Waals surface area contributed by atoms with Gasteiger partial charge in [0.2, 0.25) is 10.0 Å². The van der Waals surface area contributed by atoms with Crippen molar-refractivity contribution in [3.63, 3.8) is 0 Å². The van der Waals surface area contributed by atoms with Gasteiger partial charge in [-0.05, 0) is 17.4 Å². The Hall–Kier alpha value is -0.770. The maximum absolute atomic E-state index is 11.7. The van der Waals surface area contributed by atoms with Crippen molar-refractivity contribution in [3.05, 3.63) is 17.0 Å². The van der Waals surface area contributed by atoms with Gasteiger partial charge < -0.3 is 0 Å². The highest BCUT2D eigenvalue weighted by atomic mass is 35.5. The molecule has 0 spiro atoms. The van der Waals surface area contributed by atoms with Gasteiger partial charge in [-0.1, -0.05) is 6.92 Å². The second kappa shape index (κ2) is 5.53. The normalized spacial score (nSPS) is 13.1. The number of alkyl halides is 1. The third-order valence-electron chi connectivity index (χ3n) is 1.80. The first-order valence-electron chi connectivity index (χ1n) is 4.52. The zero-order valence-electron chi connectivity index (χ0n) is 8.60. The molecule has 0 aliphatic rings. The Morgan fingerprint density at radius 1 is 1.69 bits per heavy atom. The first kappa shape index (κ1) is 13.3. The van der Waals surface area contributed by atoms with Crippen molar-refractivity contribution in [2.45, 2.75) is 6.92 Å². The molecule has 1 aromatic rings. The minimum atomic E-state index is -3.42. The van der Waals surface area contributed by atoms with Crippen LogP contribution >= 0.6 is 22.9 Å². The summed E-state index contributed by atoms with van der Waals surface area (Å²) in [5, 5.41) is 10.8. The van der Waals surface area contributed by atoms with Gasteiger partial charge in [0.25, 0.3) is 0 Å². The first-order chi connectivity index (χ1) is 7.48. The van der Waals surface area contributed by atoms with Crippen LogP contribution in [0.5, 0.6) is 0 Å². The quantitative estimate of drug-likeness (QED) is 0.840. The number of thiophene rings is 1. The van der Waals surface area contributed by atoms with Gasteiger partial charge in [-0.2, -0.15) is 5.26 Å². The number of nitrogens with one attached hydrogen (secondary N) is 1. The predicted molar refractivity (Wildman–Crippen MR) is 66.3 cm³/mol. The summed E-state index contributed by atoms with van der Waals surface area (Å²) in [4.78, 5) is 0. The molecule has 1 unspecified atom stereocenters. The van der Waals surface area contributed by atoms with E-state index in [1.54, 1.807) is 18.4 Å². The van der Waals surface area contributed by atoms with Gasteiger partial charge in [0.05, 0.1) is 11.3 Å². The van der Waals surface area contributed by atoms with Crippen molar-refractivity contribution in [2.75, 3.05) is 16.4 Å². The lowest BCUT2D eigenvalue weighted by Gasteiger charge is -2.09. The molecule has 88 valence electrons. The van der Waals surface area contributed by atoms with Crippen molar-refractivity contribution >= 4 is 38.0 Å². The molecule has 0 bridgehead atoms. The minimum Gasteiger partial charge on any atom is -0.273 e. The van der Waals surface area contributed by atoms with Crippen LogP contribution < -0.4 is 4.72 Å². The van der Waals surface area contributed by atoms with E-state index in [1.165, 1.54) is 11.3 Å². The molecule has 1 atom stereocenters. The van der Waals surface area contributed by atoms with Gasteiger partial charge in [-0.3, -0.25) is 4.72 Å². The van der Waals surface area contributed by atoms with Crippen molar-refractivity contribution in [1.82, 2.24) is 0 Å². The van der Waals surface area contributed by atoms with Crippen LogP contribution in [0.3, 0.4) is 0 Å². The van der Waals surface area contributed by atoms with Crippen LogP contribution in [0.4, 0.5) is 5.00 Å². The molecule has 0 aliphatic carbocycles. The highest BCUT2D eigenvalue weighted by molar-refractivity contribution is 7.92. The summed E-state index contributed by atoms with van der Waals surface area (Å²) in [6.45, 7) is 1.76. The lowest BCUT2D eigenvalue weighted by atomic mass is 10.3. The lowest BCUT2D eigenvalue weighted by Crippen LogP contribution is -2.21. The molecule has 0 saturated carbocycles. The second-order valence-electron chi connectivity index (χ2n) is 3.42. The molecule has 4 nitrogen and oxygen atoms in total. The van der Waals surface area contributed by atoms with Crippen LogP contribution in [0.2, 0.25) is 0 Å². The number of rotatable bonds is 5. The van der Waals surface area contributed by atoms with Crippen LogP contribution in [-0.2, 0) is 10.0 Å². The molecule has 16 heavy (non-hydrogen) atoms. The zero-order valence-corrected chi connectivity index (χ0v) is 11.0. The molecular formula is C9H11ClN2O2S2. The number of nitrogens with zero attached hydrogens (tertiary/aromatic N) is 1. The highest BCUT2D eigenvalue weighted by Gasteiger charge is 2.17. The number of sulfonamides is 1. The summed E-state index contributed by atoms with van der Waals surface area (Å²) < 4.78 is 25.7. The lowest BCUT2D eigenvalue weighted by molar-refractivity contribution is 0.588. The van der Waals surface area contributed by atoms with Crippen molar-refractivity contribution in [1.29, 1.82) is 5.26 Å². The average molecular weight is 279 g/mol. The Labute approximate surface area is 104 Å². The molecule has 1 rings (SSSR count). The zero-order chi connectivity index (χ0) is 12.2. The molecule has 0 fully saturated rings. The number of hydrogen-bond acceptors (Lipinski definition) is 4. The Balaban J connectivity index is 2.78. The van der Waals surface area contributed by atoms with E-state index in [0.717, 1.165) is 0 Å². The van der Waals surface area contributed by atoms with Gasteiger partial charge in [0.1, 0.15) is 11.1 Å². The Morgan fingerprint density at radius 3 is 2.94 bits per heavy atom. The highest BCUT2D eigenvalue weighted by Crippen LogP contribution is 2.23. The summed E-state index contributed by atoms with van der Waals surface area (Å²) >= 11 is 6.75. The fourth-order valence-electron chi connectivity index (χ4n) is 1.08. The smallest absolute Gasteiger partial charge is 0.233 e. The second-order valence-corrected chi connectivity index (χ2v) is 6.41. The maximum atomic E-state index is 11.7. The van der Waals surface area contributed by atoms with E-state index in [2.05, 4.69) is 4.72 Å². The number of nitriles is 1. The molecule has 7 heteroatoms. The van der Waals surface area contributed by atoms with Gasteiger partial charge in [0, 0.05) is 5.88 Å². The number of halogens is 1. The van der Waals surface area contributed by atoms with Crippen LogP contribution in [0, 0.1) is 17.2 Å². The van der Waals surface area contributed by atoms with E-state index in [1.807, 2.05) is 6.07 Å².